The first kappa shape index (κ1) is 18.3. The number of nitrogens with one attached hydrogen (secondary N) is 2. The molecule has 0 aliphatic rings. The third-order valence-corrected chi connectivity index (χ3v) is 4.28. The molecule has 0 unspecified atom stereocenters. The molecular weight excluding hydrogens is 366 g/mol. The lowest BCUT2D eigenvalue weighted by atomic mass is 10.2. The number of hydrogen-bond donors (Lipinski definition) is 2. The van der Waals surface area contributed by atoms with Gasteiger partial charge in [0.2, 0.25) is 5.91 Å². The number of nitrogens with zero attached hydrogens (tertiary/aromatic N) is 1. The SMILES string of the molecule is CCN(CC)c1ccc(NC(=O)CCNc2cccc(Br)c2)cc1. The van der Waals surface area contributed by atoms with Crippen LogP contribution in [0.2, 0.25) is 0 Å². The van der Waals surface area contributed by atoms with Crippen LogP contribution in [0.1, 0.15) is 20.3 Å². The summed E-state index contributed by atoms with van der Waals surface area (Å²) in [7, 11) is 0. The lowest BCUT2D eigenvalue weighted by molar-refractivity contribution is -0.115. The van der Waals surface area contributed by atoms with Gasteiger partial charge in [-0.15, -0.1) is 0 Å². The van der Waals surface area contributed by atoms with Crippen molar-refractivity contribution in [2.45, 2.75) is 20.3 Å². The molecule has 2 rings (SSSR count). The number of anilines is 3. The minimum atomic E-state index is 0.00749. The van der Waals surface area contributed by atoms with Crippen LogP contribution in [-0.4, -0.2) is 25.5 Å². The second-order valence-electron chi connectivity index (χ2n) is 5.45. The van der Waals surface area contributed by atoms with E-state index in [0.717, 1.165) is 28.9 Å². The van der Waals surface area contributed by atoms with E-state index in [1.165, 1.54) is 5.69 Å². The van der Waals surface area contributed by atoms with Gasteiger partial charge in [0.15, 0.2) is 0 Å². The van der Waals surface area contributed by atoms with E-state index in [9.17, 15) is 4.79 Å². The lowest BCUT2D eigenvalue weighted by Gasteiger charge is -2.21. The van der Waals surface area contributed by atoms with Gasteiger partial charge in [0.25, 0.3) is 0 Å². The third-order valence-electron chi connectivity index (χ3n) is 3.79. The summed E-state index contributed by atoms with van der Waals surface area (Å²) in [5, 5.41) is 6.18. The summed E-state index contributed by atoms with van der Waals surface area (Å²) in [6.45, 7) is 6.82. The maximum absolute atomic E-state index is 12.0. The Morgan fingerprint density at radius 2 is 1.75 bits per heavy atom. The number of rotatable bonds is 8. The summed E-state index contributed by atoms with van der Waals surface area (Å²) in [6, 6.07) is 15.9. The second-order valence-corrected chi connectivity index (χ2v) is 6.37. The predicted octanol–water partition coefficient (Wildman–Crippen LogP) is 4.74. The van der Waals surface area contributed by atoms with Gasteiger partial charge in [0.05, 0.1) is 0 Å². The Morgan fingerprint density at radius 3 is 2.38 bits per heavy atom. The minimum absolute atomic E-state index is 0.00749. The molecule has 24 heavy (non-hydrogen) atoms. The zero-order valence-corrected chi connectivity index (χ0v) is 15.8. The monoisotopic (exact) mass is 389 g/mol. The number of carbonyl (C=O) groups excluding carboxylic acids is 1. The first-order chi connectivity index (χ1) is 11.6. The van der Waals surface area contributed by atoms with Crippen LogP contribution >= 0.6 is 15.9 Å². The molecular formula is C19H24BrN3O. The van der Waals surface area contributed by atoms with Crippen LogP contribution in [0, 0.1) is 0 Å². The molecule has 2 aromatic carbocycles. The molecule has 0 heterocycles. The molecule has 0 aliphatic carbocycles. The molecule has 0 bridgehead atoms. The summed E-state index contributed by atoms with van der Waals surface area (Å²) in [5.74, 6) is 0.00749. The second kappa shape index (κ2) is 9.33. The van der Waals surface area contributed by atoms with Crippen LogP contribution in [-0.2, 0) is 4.79 Å². The van der Waals surface area contributed by atoms with Gasteiger partial charge in [-0.2, -0.15) is 0 Å². The van der Waals surface area contributed by atoms with Crippen LogP contribution in [0.15, 0.2) is 53.0 Å². The van der Waals surface area contributed by atoms with Gasteiger partial charge in [-0.3, -0.25) is 4.79 Å². The molecule has 2 N–H and O–H groups in total. The quantitative estimate of drug-likeness (QED) is 0.685. The largest absolute Gasteiger partial charge is 0.384 e. The molecule has 0 radical (unpaired) electrons. The average molecular weight is 390 g/mol. The molecule has 2 aromatic rings. The summed E-state index contributed by atoms with van der Waals surface area (Å²) in [4.78, 5) is 14.3. The van der Waals surface area contributed by atoms with Crippen LogP contribution in [0.3, 0.4) is 0 Å². The van der Waals surface area contributed by atoms with Crippen molar-refractivity contribution in [3.05, 3.63) is 53.0 Å². The summed E-state index contributed by atoms with van der Waals surface area (Å²) in [5.41, 5.74) is 3.01. The number of hydrogen-bond acceptors (Lipinski definition) is 3. The standard InChI is InChI=1S/C19H24BrN3O/c1-3-23(4-2)18-10-8-16(9-11-18)22-19(24)12-13-21-17-7-5-6-15(20)14-17/h5-11,14,21H,3-4,12-13H2,1-2H3,(H,22,24). The van der Waals surface area contributed by atoms with Crippen molar-refractivity contribution in [1.82, 2.24) is 0 Å². The number of halogens is 1. The van der Waals surface area contributed by atoms with Gasteiger partial charge in [-0.1, -0.05) is 22.0 Å². The molecule has 0 atom stereocenters. The van der Waals surface area contributed by atoms with Gasteiger partial charge in [-0.25, -0.2) is 0 Å². The van der Waals surface area contributed by atoms with E-state index in [4.69, 9.17) is 0 Å². The molecule has 5 heteroatoms. The summed E-state index contributed by atoms with van der Waals surface area (Å²) in [6.07, 6.45) is 0.421. The molecule has 0 fully saturated rings. The van der Waals surface area contributed by atoms with Crippen molar-refractivity contribution >= 4 is 38.9 Å². The molecule has 128 valence electrons. The van der Waals surface area contributed by atoms with Gasteiger partial charge in [-0.05, 0) is 56.3 Å². The molecule has 0 spiro atoms. The van der Waals surface area contributed by atoms with E-state index in [1.807, 2.05) is 48.5 Å². The van der Waals surface area contributed by atoms with Gasteiger partial charge < -0.3 is 15.5 Å². The molecule has 0 saturated carbocycles. The van der Waals surface area contributed by atoms with Crippen molar-refractivity contribution in [1.29, 1.82) is 0 Å². The van der Waals surface area contributed by atoms with Crippen LogP contribution < -0.4 is 15.5 Å². The highest BCUT2D eigenvalue weighted by Gasteiger charge is 2.04. The normalized spacial score (nSPS) is 10.3. The zero-order valence-electron chi connectivity index (χ0n) is 14.2. The van der Waals surface area contributed by atoms with E-state index in [-0.39, 0.29) is 5.91 Å². The van der Waals surface area contributed by atoms with E-state index in [0.29, 0.717) is 13.0 Å². The summed E-state index contributed by atoms with van der Waals surface area (Å²) >= 11 is 3.43. The summed E-state index contributed by atoms with van der Waals surface area (Å²) < 4.78 is 1.02. The Balaban J connectivity index is 1.79. The van der Waals surface area contributed by atoms with Crippen LogP contribution in [0.4, 0.5) is 17.1 Å². The molecule has 0 aliphatic heterocycles. The average Bonchev–Trinajstić information content (AvgIpc) is 2.57. The van der Waals surface area contributed by atoms with Crippen molar-refractivity contribution in [2.75, 3.05) is 35.2 Å². The van der Waals surface area contributed by atoms with E-state index >= 15 is 0 Å². The number of amides is 1. The van der Waals surface area contributed by atoms with Gasteiger partial charge >= 0.3 is 0 Å². The molecule has 0 saturated heterocycles. The first-order valence-corrected chi connectivity index (χ1v) is 9.06. The maximum Gasteiger partial charge on any atom is 0.226 e. The Morgan fingerprint density at radius 1 is 1.04 bits per heavy atom. The third kappa shape index (κ3) is 5.57. The van der Waals surface area contributed by atoms with E-state index in [1.54, 1.807) is 0 Å². The highest BCUT2D eigenvalue weighted by molar-refractivity contribution is 9.10. The first-order valence-electron chi connectivity index (χ1n) is 8.26. The van der Waals surface area contributed by atoms with Gasteiger partial charge in [0, 0.05) is 47.6 Å². The Bertz CT molecular complexity index is 654. The molecule has 0 aromatic heterocycles. The highest BCUT2D eigenvalue weighted by Crippen LogP contribution is 2.18. The van der Waals surface area contributed by atoms with Crippen LogP contribution in [0.5, 0.6) is 0 Å². The van der Waals surface area contributed by atoms with Crippen molar-refractivity contribution in [2.24, 2.45) is 0 Å². The van der Waals surface area contributed by atoms with E-state index in [2.05, 4.69) is 45.3 Å². The van der Waals surface area contributed by atoms with Crippen molar-refractivity contribution in [3.8, 4) is 0 Å². The van der Waals surface area contributed by atoms with E-state index < -0.39 is 0 Å². The molecule has 1 amide bonds. The predicted molar refractivity (Wildman–Crippen MR) is 106 cm³/mol. The van der Waals surface area contributed by atoms with Crippen molar-refractivity contribution in [3.63, 3.8) is 0 Å². The zero-order chi connectivity index (χ0) is 17.4. The Hall–Kier alpha value is -2.01. The number of benzene rings is 2. The Kier molecular flexibility index (Phi) is 7.12. The Labute approximate surface area is 152 Å². The molecule has 4 nitrogen and oxygen atoms in total. The fourth-order valence-corrected chi connectivity index (χ4v) is 2.89. The number of carbonyl (C=O) groups is 1. The highest BCUT2D eigenvalue weighted by atomic mass is 79.9. The lowest BCUT2D eigenvalue weighted by Crippen LogP contribution is -2.21. The smallest absolute Gasteiger partial charge is 0.226 e. The van der Waals surface area contributed by atoms with Crippen molar-refractivity contribution < 1.29 is 4.79 Å². The maximum atomic E-state index is 12.0. The van der Waals surface area contributed by atoms with Gasteiger partial charge in [0.1, 0.15) is 0 Å². The topological polar surface area (TPSA) is 44.4 Å². The fraction of sp³-hybridized carbons (Fsp3) is 0.316. The minimum Gasteiger partial charge on any atom is -0.384 e. The fourth-order valence-electron chi connectivity index (χ4n) is 2.49. The van der Waals surface area contributed by atoms with Crippen LogP contribution in [0.25, 0.3) is 0 Å².